The van der Waals surface area contributed by atoms with E-state index in [1.54, 1.807) is 18.2 Å². The lowest BCUT2D eigenvalue weighted by molar-refractivity contribution is -0.133. The van der Waals surface area contributed by atoms with Gasteiger partial charge in [-0.15, -0.1) is 0 Å². The number of halogens is 1. The van der Waals surface area contributed by atoms with Crippen LogP contribution < -0.4 is 9.47 Å². The largest absolute Gasteiger partial charge is 0.489 e. The van der Waals surface area contributed by atoms with Gasteiger partial charge in [-0.2, -0.15) is 0 Å². The van der Waals surface area contributed by atoms with E-state index in [4.69, 9.17) is 26.2 Å². The maximum absolute atomic E-state index is 11.1. The molecule has 4 nitrogen and oxygen atoms in total. The molecule has 3 rings (SSSR count). The molecule has 0 saturated carbocycles. The molecular formula is C17H13ClO4. The quantitative estimate of drug-likeness (QED) is 0.934. The molecule has 0 radical (unpaired) electrons. The summed E-state index contributed by atoms with van der Waals surface area (Å²) in [4.78, 5) is 11.1. The van der Waals surface area contributed by atoms with Crippen LogP contribution >= 0.6 is 11.6 Å². The molecule has 1 N–H and O–H groups in total. The summed E-state index contributed by atoms with van der Waals surface area (Å²) >= 11 is 6.16. The van der Waals surface area contributed by atoms with Crippen LogP contribution in [0.1, 0.15) is 11.1 Å². The lowest BCUT2D eigenvalue weighted by atomic mass is 10.1. The summed E-state index contributed by atoms with van der Waals surface area (Å²) < 4.78 is 11.1. The summed E-state index contributed by atoms with van der Waals surface area (Å²) in [5.74, 6) is 0.0873. The number of carboxylic acids is 1. The first-order valence-electron chi connectivity index (χ1n) is 6.71. The van der Waals surface area contributed by atoms with Gasteiger partial charge in [-0.05, 0) is 23.8 Å². The Hall–Kier alpha value is -2.46. The monoisotopic (exact) mass is 316 g/mol. The third-order valence-electron chi connectivity index (χ3n) is 3.33. The van der Waals surface area contributed by atoms with Gasteiger partial charge in [0.1, 0.15) is 24.7 Å². The van der Waals surface area contributed by atoms with Gasteiger partial charge >= 0.3 is 5.97 Å². The van der Waals surface area contributed by atoms with Gasteiger partial charge in [0.15, 0.2) is 0 Å². The highest BCUT2D eigenvalue weighted by molar-refractivity contribution is 6.51. The van der Waals surface area contributed by atoms with E-state index < -0.39 is 5.97 Å². The number of carboxylic acid groups (broad SMARTS) is 1. The topological polar surface area (TPSA) is 55.8 Å². The van der Waals surface area contributed by atoms with E-state index in [-0.39, 0.29) is 17.2 Å². The van der Waals surface area contributed by atoms with Gasteiger partial charge in [0.25, 0.3) is 0 Å². The normalized spacial score (nSPS) is 13.3. The number of hydrogen-bond donors (Lipinski definition) is 1. The molecular weight excluding hydrogens is 304 g/mol. The summed E-state index contributed by atoms with van der Waals surface area (Å²) in [5.41, 5.74) is 1.63. The minimum Gasteiger partial charge on any atom is -0.489 e. The highest BCUT2D eigenvalue weighted by Gasteiger charge is 2.23. The van der Waals surface area contributed by atoms with Gasteiger partial charge in [0.2, 0.25) is 0 Å². The fourth-order valence-electron chi connectivity index (χ4n) is 2.17. The molecule has 0 atom stereocenters. The number of carbonyl (C=O) groups is 1. The van der Waals surface area contributed by atoms with Crippen LogP contribution in [0.25, 0.3) is 5.03 Å². The van der Waals surface area contributed by atoms with Gasteiger partial charge in [0, 0.05) is 5.56 Å². The summed E-state index contributed by atoms with van der Waals surface area (Å²) in [5, 5.41) is 9.30. The van der Waals surface area contributed by atoms with Crippen molar-refractivity contribution < 1.29 is 19.4 Å². The van der Waals surface area contributed by atoms with E-state index in [1.165, 1.54) is 0 Å². The molecule has 0 spiro atoms. The summed E-state index contributed by atoms with van der Waals surface area (Å²) in [7, 11) is 0. The molecule has 0 aliphatic carbocycles. The third-order valence-corrected chi connectivity index (χ3v) is 3.76. The van der Waals surface area contributed by atoms with Crippen LogP contribution in [0, 0.1) is 0 Å². The van der Waals surface area contributed by atoms with Crippen LogP contribution in [0.5, 0.6) is 11.5 Å². The SMILES string of the molecule is O=C(O)C1=C(Cl)c2cc(OCc3ccccc3)ccc2OC1. The molecule has 22 heavy (non-hydrogen) atoms. The second kappa shape index (κ2) is 6.12. The standard InChI is InChI=1S/C17H13ClO4/c18-16-13-8-12(21-9-11-4-2-1-3-5-11)6-7-15(13)22-10-14(16)17(19)20/h1-8H,9-10H2,(H,19,20). The zero-order valence-electron chi connectivity index (χ0n) is 11.6. The van der Waals surface area contributed by atoms with Gasteiger partial charge in [-0.3, -0.25) is 0 Å². The Morgan fingerprint density at radius 2 is 2.00 bits per heavy atom. The van der Waals surface area contributed by atoms with Crippen molar-refractivity contribution in [1.29, 1.82) is 0 Å². The van der Waals surface area contributed by atoms with Crippen LogP contribution in [-0.4, -0.2) is 17.7 Å². The minimum atomic E-state index is -1.08. The molecule has 1 aliphatic rings. The number of ether oxygens (including phenoxy) is 2. The van der Waals surface area contributed by atoms with E-state index in [2.05, 4.69) is 0 Å². The maximum atomic E-state index is 11.1. The summed E-state index contributed by atoms with van der Waals surface area (Å²) in [6.07, 6.45) is 0. The third kappa shape index (κ3) is 2.92. The van der Waals surface area contributed by atoms with Gasteiger partial charge in [0.05, 0.1) is 10.6 Å². The van der Waals surface area contributed by atoms with Crippen LogP contribution in [-0.2, 0) is 11.4 Å². The van der Waals surface area contributed by atoms with Crippen LogP contribution in [0.4, 0.5) is 0 Å². The summed E-state index contributed by atoms with van der Waals surface area (Å²) in [6, 6.07) is 15.0. The second-order valence-electron chi connectivity index (χ2n) is 4.82. The van der Waals surface area contributed by atoms with Crippen molar-refractivity contribution in [3.63, 3.8) is 0 Å². The molecule has 112 valence electrons. The van der Waals surface area contributed by atoms with Crippen molar-refractivity contribution in [3.05, 3.63) is 65.2 Å². The van der Waals surface area contributed by atoms with E-state index in [0.29, 0.717) is 23.7 Å². The number of aliphatic carboxylic acids is 1. The molecule has 1 heterocycles. The van der Waals surface area contributed by atoms with Gasteiger partial charge in [-0.25, -0.2) is 4.79 Å². The molecule has 2 aromatic carbocycles. The Morgan fingerprint density at radius 3 is 2.73 bits per heavy atom. The first kappa shape index (κ1) is 14.5. The highest BCUT2D eigenvalue weighted by atomic mass is 35.5. The predicted octanol–water partition coefficient (Wildman–Crippen LogP) is 3.69. The molecule has 0 bridgehead atoms. The molecule has 0 saturated heterocycles. The Kier molecular flexibility index (Phi) is 4.02. The average Bonchev–Trinajstić information content (AvgIpc) is 2.54. The van der Waals surface area contributed by atoms with Gasteiger partial charge in [-0.1, -0.05) is 41.9 Å². The number of hydrogen-bond acceptors (Lipinski definition) is 3. The van der Waals surface area contributed by atoms with Crippen molar-refractivity contribution >= 4 is 22.6 Å². The smallest absolute Gasteiger partial charge is 0.336 e. The molecule has 0 unspecified atom stereocenters. The Balaban J connectivity index is 1.84. The van der Waals surface area contributed by atoms with E-state index >= 15 is 0 Å². The Morgan fingerprint density at radius 1 is 1.23 bits per heavy atom. The van der Waals surface area contributed by atoms with Gasteiger partial charge < -0.3 is 14.6 Å². The Bertz CT molecular complexity index is 738. The van der Waals surface area contributed by atoms with Crippen molar-refractivity contribution in [2.24, 2.45) is 0 Å². The highest BCUT2D eigenvalue weighted by Crippen LogP contribution is 2.38. The second-order valence-corrected chi connectivity index (χ2v) is 5.20. The summed E-state index contributed by atoms with van der Waals surface area (Å²) in [6.45, 7) is 0.388. The fraction of sp³-hybridized carbons (Fsp3) is 0.118. The first-order chi connectivity index (χ1) is 10.6. The number of rotatable bonds is 4. The van der Waals surface area contributed by atoms with Crippen molar-refractivity contribution in [2.45, 2.75) is 6.61 Å². The predicted molar refractivity (Wildman–Crippen MR) is 83.1 cm³/mol. The average molecular weight is 317 g/mol. The molecule has 1 aliphatic heterocycles. The zero-order valence-corrected chi connectivity index (χ0v) is 12.3. The molecule has 5 heteroatoms. The van der Waals surface area contributed by atoms with E-state index in [9.17, 15) is 4.79 Å². The number of benzene rings is 2. The van der Waals surface area contributed by atoms with E-state index in [0.717, 1.165) is 5.56 Å². The Labute approximate surface area is 132 Å². The van der Waals surface area contributed by atoms with Crippen LogP contribution in [0.15, 0.2) is 54.1 Å². The van der Waals surface area contributed by atoms with Crippen LogP contribution in [0.3, 0.4) is 0 Å². The maximum Gasteiger partial charge on any atom is 0.336 e. The molecule has 0 aromatic heterocycles. The fourth-order valence-corrected chi connectivity index (χ4v) is 2.45. The first-order valence-corrected chi connectivity index (χ1v) is 7.09. The molecule has 2 aromatic rings. The van der Waals surface area contributed by atoms with Crippen molar-refractivity contribution in [2.75, 3.05) is 6.61 Å². The molecule has 0 fully saturated rings. The minimum absolute atomic E-state index is 0.0363. The zero-order chi connectivity index (χ0) is 15.5. The van der Waals surface area contributed by atoms with Crippen LogP contribution in [0.2, 0.25) is 0 Å². The lowest BCUT2D eigenvalue weighted by Gasteiger charge is -2.19. The molecule has 0 amide bonds. The van der Waals surface area contributed by atoms with Crippen molar-refractivity contribution in [3.8, 4) is 11.5 Å². The lowest BCUT2D eigenvalue weighted by Crippen LogP contribution is -2.16. The van der Waals surface area contributed by atoms with E-state index in [1.807, 2.05) is 30.3 Å². The van der Waals surface area contributed by atoms with Crippen molar-refractivity contribution in [1.82, 2.24) is 0 Å². The number of fused-ring (bicyclic) bond motifs is 1.